The molecule has 25 heavy (non-hydrogen) atoms. The first-order chi connectivity index (χ1) is 11.9. The van der Waals surface area contributed by atoms with Gasteiger partial charge in [0.05, 0.1) is 23.2 Å². The second-order valence-electron chi connectivity index (χ2n) is 6.87. The average molecular weight is 342 g/mol. The van der Waals surface area contributed by atoms with E-state index < -0.39 is 5.82 Å². The van der Waals surface area contributed by atoms with Gasteiger partial charge in [0.2, 0.25) is 0 Å². The molecule has 2 heterocycles. The summed E-state index contributed by atoms with van der Waals surface area (Å²) in [6.45, 7) is 6.55. The summed E-state index contributed by atoms with van der Waals surface area (Å²) in [5, 5.41) is 1.94. The summed E-state index contributed by atoms with van der Waals surface area (Å²) in [5.74, 6) is 0.372. The Morgan fingerprint density at radius 2 is 2.04 bits per heavy atom. The summed E-state index contributed by atoms with van der Waals surface area (Å²) in [4.78, 5) is 16.9. The smallest absolute Gasteiger partial charge is 0.260 e. The Morgan fingerprint density at radius 3 is 2.76 bits per heavy atom. The van der Waals surface area contributed by atoms with Crippen molar-refractivity contribution in [3.63, 3.8) is 0 Å². The highest BCUT2D eigenvalue weighted by molar-refractivity contribution is 6.06. The zero-order valence-corrected chi connectivity index (χ0v) is 15.1. The Hall–Kier alpha value is -2.43. The molecule has 0 atom stereocenters. The molecule has 5 heteroatoms. The molecule has 0 radical (unpaired) electrons. The van der Waals surface area contributed by atoms with Gasteiger partial charge >= 0.3 is 0 Å². The van der Waals surface area contributed by atoms with Crippen molar-refractivity contribution >= 4 is 21.7 Å². The molecule has 0 amide bonds. The van der Waals surface area contributed by atoms with Crippen LogP contribution >= 0.6 is 0 Å². The van der Waals surface area contributed by atoms with Crippen molar-refractivity contribution in [3.8, 4) is 5.75 Å². The van der Waals surface area contributed by atoms with Crippen molar-refractivity contribution in [2.24, 2.45) is 13.0 Å². The van der Waals surface area contributed by atoms with Crippen molar-refractivity contribution in [1.82, 2.24) is 9.55 Å². The summed E-state index contributed by atoms with van der Waals surface area (Å²) in [5.41, 5.74) is 1.17. The Labute approximate surface area is 146 Å². The first kappa shape index (κ1) is 17.4. The fourth-order valence-electron chi connectivity index (χ4n) is 3.16. The Kier molecular flexibility index (Phi) is 4.75. The van der Waals surface area contributed by atoms with E-state index in [1.165, 1.54) is 10.6 Å². The molecule has 0 saturated heterocycles. The minimum Gasteiger partial charge on any atom is -0.490 e. The van der Waals surface area contributed by atoms with Crippen molar-refractivity contribution in [2.75, 3.05) is 6.61 Å². The van der Waals surface area contributed by atoms with Crippen LogP contribution in [-0.2, 0) is 7.05 Å². The van der Waals surface area contributed by atoms with Crippen LogP contribution in [0, 0.1) is 18.7 Å². The molecule has 3 rings (SSSR count). The molecule has 2 aromatic heterocycles. The zero-order chi connectivity index (χ0) is 18.1. The van der Waals surface area contributed by atoms with E-state index in [4.69, 9.17) is 4.74 Å². The number of aryl methyl sites for hydroxylation is 2. The van der Waals surface area contributed by atoms with Gasteiger partial charge in [0.1, 0.15) is 0 Å². The highest BCUT2D eigenvalue weighted by atomic mass is 19.1. The summed E-state index contributed by atoms with van der Waals surface area (Å²) in [6, 6.07) is 4.83. The van der Waals surface area contributed by atoms with Crippen LogP contribution in [0.2, 0.25) is 0 Å². The van der Waals surface area contributed by atoms with Gasteiger partial charge in [-0.1, -0.05) is 13.8 Å². The number of rotatable bonds is 5. The Balaban J connectivity index is 2.10. The van der Waals surface area contributed by atoms with Gasteiger partial charge in [-0.3, -0.25) is 9.78 Å². The van der Waals surface area contributed by atoms with Gasteiger partial charge in [-0.25, -0.2) is 4.39 Å². The van der Waals surface area contributed by atoms with Crippen LogP contribution in [0.3, 0.4) is 0 Å². The van der Waals surface area contributed by atoms with Gasteiger partial charge in [-0.2, -0.15) is 0 Å². The molecule has 132 valence electrons. The molecule has 0 spiro atoms. The van der Waals surface area contributed by atoms with E-state index in [2.05, 4.69) is 18.8 Å². The van der Waals surface area contributed by atoms with E-state index >= 15 is 0 Å². The van der Waals surface area contributed by atoms with Crippen LogP contribution in [0.15, 0.2) is 29.2 Å². The Morgan fingerprint density at radius 1 is 1.28 bits per heavy atom. The number of pyridine rings is 2. The maximum Gasteiger partial charge on any atom is 0.260 e. The van der Waals surface area contributed by atoms with Crippen molar-refractivity contribution in [1.29, 1.82) is 0 Å². The zero-order valence-electron chi connectivity index (χ0n) is 15.1. The van der Waals surface area contributed by atoms with Gasteiger partial charge in [0.25, 0.3) is 5.56 Å². The monoisotopic (exact) mass is 342 g/mol. The molecular weight excluding hydrogens is 319 g/mol. The SMILES string of the molecule is Cc1nccc2c1c(=O)n(C)c1cc(OCCCC(C)C)c(F)cc21. The Bertz CT molecular complexity index is 993. The number of ether oxygens (including phenoxy) is 1. The standard InChI is InChI=1S/C20H23FN2O2/c1-12(2)6-5-9-25-18-11-17-15(10-16(18)21)14-7-8-22-13(3)19(14)20(24)23(17)4/h7-8,10-12H,5-6,9H2,1-4H3. The average Bonchev–Trinajstić information content (AvgIpc) is 2.57. The number of nitrogens with zero attached hydrogens (tertiary/aromatic N) is 2. The summed E-state index contributed by atoms with van der Waals surface area (Å²) in [7, 11) is 1.69. The number of aromatic nitrogens is 2. The summed E-state index contributed by atoms with van der Waals surface area (Å²) < 4.78 is 21.7. The van der Waals surface area contributed by atoms with Gasteiger partial charge in [0.15, 0.2) is 11.6 Å². The molecule has 0 saturated carbocycles. The van der Waals surface area contributed by atoms with E-state index in [1.54, 1.807) is 32.3 Å². The molecule has 0 unspecified atom stereocenters. The number of benzene rings is 1. The quantitative estimate of drug-likeness (QED) is 0.511. The fourth-order valence-corrected chi connectivity index (χ4v) is 3.16. The molecule has 1 aromatic carbocycles. The van der Waals surface area contributed by atoms with Gasteiger partial charge in [0, 0.05) is 24.7 Å². The minimum absolute atomic E-state index is 0.134. The second-order valence-corrected chi connectivity index (χ2v) is 6.87. The lowest BCUT2D eigenvalue weighted by Crippen LogP contribution is -2.18. The number of hydrogen-bond acceptors (Lipinski definition) is 3. The highest BCUT2D eigenvalue weighted by Gasteiger charge is 2.15. The lowest BCUT2D eigenvalue weighted by Gasteiger charge is -2.13. The van der Waals surface area contributed by atoms with Crippen LogP contribution in [-0.4, -0.2) is 16.2 Å². The molecule has 4 nitrogen and oxygen atoms in total. The lowest BCUT2D eigenvalue weighted by atomic mass is 10.1. The third kappa shape index (κ3) is 3.23. The molecular formula is C20H23FN2O2. The van der Waals surface area contributed by atoms with E-state index in [-0.39, 0.29) is 11.3 Å². The normalized spacial score (nSPS) is 11.6. The van der Waals surface area contributed by atoms with E-state index in [0.29, 0.717) is 34.5 Å². The van der Waals surface area contributed by atoms with Crippen molar-refractivity contribution in [2.45, 2.75) is 33.6 Å². The minimum atomic E-state index is -0.411. The summed E-state index contributed by atoms with van der Waals surface area (Å²) in [6.07, 6.45) is 3.55. The molecule has 0 bridgehead atoms. The van der Waals surface area contributed by atoms with Crippen LogP contribution < -0.4 is 10.3 Å². The van der Waals surface area contributed by atoms with Crippen LogP contribution in [0.4, 0.5) is 4.39 Å². The lowest BCUT2D eigenvalue weighted by molar-refractivity contribution is 0.284. The maximum absolute atomic E-state index is 14.5. The number of hydrogen-bond donors (Lipinski definition) is 0. The van der Waals surface area contributed by atoms with Crippen molar-refractivity contribution < 1.29 is 9.13 Å². The molecule has 0 fully saturated rings. The van der Waals surface area contributed by atoms with E-state index in [0.717, 1.165) is 18.2 Å². The largest absolute Gasteiger partial charge is 0.490 e. The topological polar surface area (TPSA) is 44.1 Å². The molecule has 0 aliphatic heterocycles. The van der Waals surface area contributed by atoms with E-state index in [9.17, 15) is 9.18 Å². The third-order valence-corrected chi connectivity index (χ3v) is 4.54. The highest BCUT2D eigenvalue weighted by Crippen LogP contribution is 2.29. The number of halogens is 1. The second kappa shape index (κ2) is 6.82. The van der Waals surface area contributed by atoms with Gasteiger partial charge in [-0.15, -0.1) is 0 Å². The molecule has 0 aliphatic carbocycles. The number of fused-ring (bicyclic) bond motifs is 3. The first-order valence-electron chi connectivity index (χ1n) is 8.60. The molecule has 0 aliphatic rings. The van der Waals surface area contributed by atoms with E-state index in [1.807, 2.05) is 0 Å². The molecule has 0 N–H and O–H groups in total. The maximum atomic E-state index is 14.5. The van der Waals surface area contributed by atoms with Crippen molar-refractivity contribution in [3.05, 3.63) is 46.3 Å². The van der Waals surface area contributed by atoms with Gasteiger partial charge in [-0.05, 0) is 43.2 Å². The van der Waals surface area contributed by atoms with Crippen LogP contribution in [0.25, 0.3) is 21.7 Å². The van der Waals surface area contributed by atoms with Crippen LogP contribution in [0.1, 0.15) is 32.4 Å². The van der Waals surface area contributed by atoms with Crippen LogP contribution in [0.5, 0.6) is 5.75 Å². The third-order valence-electron chi connectivity index (χ3n) is 4.54. The van der Waals surface area contributed by atoms with Gasteiger partial charge < -0.3 is 9.30 Å². The predicted octanol–water partition coefficient (Wildman–Crippen LogP) is 4.35. The first-order valence-corrected chi connectivity index (χ1v) is 8.60. The summed E-state index contributed by atoms with van der Waals surface area (Å²) >= 11 is 0. The fraction of sp³-hybridized carbons (Fsp3) is 0.400. The predicted molar refractivity (Wildman–Crippen MR) is 98.8 cm³/mol. The molecule has 3 aromatic rings.